The molecule has 0 aromatic heterocycles. The van der Waals surface area contributed by atoms with Crippen molar-refractivity contribution in [1.29, 1.82) is 0 Å². The third-order valence-electron chi connectivity index (χ3n) is 15.1. The average Bonchev–Trinajstić information content (AvgIpc) is 3.61. The van der Waals surface area contributed by atoms with Gasteiger partial charge in [-0.25, -0.2) is 9.59 Å². The summed E-state index contributed by atoms with van der Waals surface area (Å²) >= 11 is 0. The SMILES string of the molecule is COC(=O)C1OC(OCC(=O)C2CCC3C4CCC5CC(OC6OC(C(=O)OC)C(OC(C)=O)C(OC(C)=O)C6OC(C)=O)CCC5(C)C4C(=O)CC23C)C(OC(C)=O)C(OC(C)=O)C1OC(C)=O. The highest BCUT2D eigenvalue weighted by Gasteiger charge is 2.65. The maximum atomic E-state index is 14.7. The van der Waals surface area contributed by atoms with Crippen LogP contribution in [0.25, 0.3) is 0 Å². The molecular weight excluding hydrogens is 916 g/mol. The fourth-order valence-corrected chi connectivity index (χ4v) is 12.5. The minimum Gasteiger partial charge on any atom is -0.467 e. The maximum absolute atomic E-state index is 14.7. The van der Waals surface area contributed by atoms with Crippen molar-refractivity contribution >= 4 is 59.3 Å². The van der Waals surface area contributed by atoms with Gasteiger partial charge in [-0.3, -0.25) is 38.4 Å². The number of hydrogen-bond donors (Lipinski definition) is 0. The third-order valence-corrected chi connectivity index (χ3v) is 15.1. The maximum Gasteiger partial charge on any atom is 0.339 e. The van der Waals surface area contributed by atoms with Crippen LogP contribution in [0.4, 0.5) is 0 Å². The Morgan fingerprint density at radius 1 is 0.565 bits per heavy atom. The summed E-state index contributed by atoms with van der Waals surface area (Å²) in [4.78, 5) is 128. The van der Waals surface area contributed by atoms with Gasteiger partial charge in [-0.15, -0.1) is 0 Å². The van der Waals surface area contributed by atoms with E-state index in [1.165, 1.54) is 0 Å². The highest BCUT2D eigenvalue weighted by Crippen LogP contribution is 2.66. The molecule has 0 bridgehead atoms. The molecule has 2 aliphatic heterocycles. The molecule has 0 aromatic carbocycles. The number of Topliss-reactive ketones (excluding diaryl/α,β-unsaturated/α-hetero) is 2. The molecule has 0 spiro atoms. The van der Waals surface area contributed by atoms with Crippen molar-refractivity contribution in [2.24, 2.45) is 40.4 Å². The Morgan fingerprint density at radius 2 is 1.03 bits per heavy atom. The summed E-state index contributed by atoms with van der Waals surface area (Å²) in [6.07, 6.45) is -12.0. The van der Waals surface area contributed by atoms with E-state index in [0.29, 0.717) is 38.5 Å². The molecular formula is C47H64O22. The van der Waals surface area contributed by atoms with Crippen LogP contribution in [0.3, 0.4) is 0 Å². The predicted octanol–water partition coefficient (Wildman–Crippen LogP) is 2.18. The lowest BCUT2D eigenvalue weighted by atomic mass is 9.44. The average molecular weight is 981 g/mol. The van der Waals surface area contributed by atoms with Crippen LogP contribution < -0.4 is 0 Å². The van der Waals surface area contributed by atoms with Crippen LogP contribution >= 0.6 is 0 Å². The smallest absolute Gasteiger partial charge is 0.339 e. The predicted molar refractivity (Wildman–Crippen MR) is 226 cm³/mol. The molecule has 22 heteroatoms. The minimum absolute atomic E-state index is 0.000853. The Hall–Kier alpha value is -5.06. The van der Waals surface area contributed by atoms with E-state index in [-0.39, 0.29) is 41.7 Å². The normalized spacial score (nSPS) is 39.1. The number of carbonyl (C=O) groups excluding carboxylic acids is 10. The van der Waals surface area contributed by atoms with Crippen LogP contribution in [0.15, 0.2) is 0 Å². The van der Waals surface area contributed by atoms with Gasteiger partial charge in [0.1, 0.15) is 12.4 Å². The molecule has 18 atom stereocenters. The summed E-state index contributed by atoms with van der Waals surface area (Å²) in [6, 6.07) is 0. The number of ketones is 2. The van der Waals surface area contributed by atoms with Crippen molar-refractivity contribution in [3.05, 3.63) is 0 Å². The second kappa shape index (κ2) is 21.5. The largest absolute Gasteiger partial charge is 0.467 e. The molecule has 4 saturated carbocycles. The molecule has 2 saturated heterocycles. The molecule has 18 unspecified atom stereocenters. The van der Waals surface area contributed by atoms with Crippen molar-refractivity contribution in [1.82, 2.24) is 0 Å². The molecule has 0 N–H and O–H groups in total. The van der Waals surface area contributed by atoms with Crippen LogP contribution in [0.5, 0.6) is 0 Å². The van der Waals surface area contributed by atoms with Gasteiger partial charge in [0.05, 0.1) is 20.3 Å². The fraction of sp³-hybridized carbons (Fsp3) is 0.787. The van der Waals surface area contributed by atoms with Crippen LogP contribution in [-0.4, -0.2) is 148 Å². The Labute approximate surface area is 398 Å². The highest BCUT2D eigenvalue weighted by molar-refractivity contribution is 5.88. The standard InChI is InChI=1S/C47H64O22/c1-20(48)61-34-36(63-22(3)50)40(65-24(5)52)44(68-38(34)42(56)58-9)60-19-32(55)30-14-13-29-28-12-11-26-17-27(15-16-46(26,7)33(28)31(54)18-47(29,30)8)67-45-41(66-25(6)53)37(64-23(4)51)35(62-21(2)49)39(69-45)43(57)59-10/h26-30,33-41,44-45H,11-19H2,1-10H3. The molecule has 69 heavy (non-hydrogen) atoms. The summed E-state index contributed by atoms with van der Waals surface area (Å²) in [5.41, 5.74) is -1.18. The lowest BCUT2D eigenvalue weighted by Gasteiger charge is -2.60. The minimum atomic E-state index is -1.70. The summed E-state index contributed by atoms with van der Waals surface area (Å²) in [5, 5.41) is 0. The molecule has 4 aliphatic carbocycles. The molecule has 2 heterocycles. The van der Waals surface area contributed by atoms with E-state index >= 15 is 0 Å². The van der Waals surface area contributed by atoms with E-state index in [0.717, 1.165) is 62.2 Å². The second-order valence-electron chi connectivity index (χ2n) is 19.5. The molecule has 0 amide bonds. The van der Waals surface area contributed by atoms with Crippen molar-refractivity contribution in [2.45, 2.75) is 174 Å². The van der Waals surface area contributed by atoms with E-state index in [4.69, 9.17) is 56.8 Å². The molecule has 22 nitrogen and oxygen atoms in total. The van der Waals surface area contributed by atoms with Crippen molar-refractivity contribution in [2.75, 3.05) is 20.8 Å². The molecule has 6 rings (SSSR count). The number of rotatable bonds is 14. The van der Waals surface area contributed by atoms with Crippen molar-refractivity contribution in [3.8, 4) is 0 Å². The summed E-state index contributed by atoms with van der Waals surface area (Å²) in [5.74, 6) is -8.24. The van der Waals surface area contributed by atoms with Crippen LogP contribution in [0.1, 0.15) is 107 Å². The van der Waals surface area contributed by atoms with Crippen LogP contribution in [0, 0.1) is 40.4 Å². The van der Waals surface area contributed by atoms with Gasteiger partial charge in [-0.1, -0.05) is 13.8 Å². The Morgan fingerprint density at radius 3 is 1.52 bits per heavy atom. The molecule has 6 aliphatic rings. The highest BCUT2D eigenvalue weighted by atomic mass is 16.8. The van der Waals surface area contributed by atoms with E-state index in [1.54, 1.807) is 0 Å². The number of ether oxygens (including phenoxy) is 12. The number of methoxy groups -OCH3 is 2. The first-order valence-electron chi connectivity index (χ1n) is 23.3. The summed E-state index contributed by atoms with van der Waals surface area (Å²) < 4.78 is 66.8. The molecule has 0 radical (unpaired) electrons. The zero-order valence-electron chi connectivity index (χ0n) is 40.6. The lowest BCUT2D eigenvalue weighted by molar-refractivity contribution is -0.314. The van der Waals surface area contributed by atoms with Crippen LogP contribution in [0.2, 0.25) is 0 Å². The molecule has 6 fully saturated rings. The summed E-state index contributed by atoms with van der Waals surface area (Å²) in [6.45, 7) is 10.0. The van der Waals surface area contributed by atoms with Crippen molar-refractivity contribution in [3.63, 3.8) is 0 Å². The molecule has 0 aromatic rings. The van der Waals surface area contributed by atoms with E-state index in [9.17, 15) is 47.9 Å². The van der Waals surface area contributed by atoms with Crippen LogP contribution in [-0.2, 0) is 105 Å². The van der Waals surface area contributed by atoms with Gasteiger partial charge in [0.15, 0.2) is 67.2 Å². The van der Waals surface area contributed by atoms with Gasteiger partial charge in [0.25, 0.3) is 0 Å². The van der Waals surface area contributed by atoms with E-state index in [2.05, 4.69) is 6.92 Å². The van der Waals surface area contributed by atoms with Gasteiger partial charge in [0, 0.05) is 59.8 Å². The summed E-state index contributed by atoms with van der Waals surface area (Å²) in [7, 11) is 2.16. The van der Waals surface area contributed by atoms with E-state index < -0.39 is 139 Å². The quantitative estimate of drug-likeness (QED) is 0.137. The number of hydrogen-bond acceptors (Lipinski definition) is 22. The zero-order chi connectivity index (χ0) is 50.9. The third kappa shape index (κ3) is 11.1. The molecule has 384 valence electrons. The van der Waals surface area contributed by atoms with Gasteiger partial charge in [-0.2, -0.15) is 0 Å². The van der Waals surface area contributed by atoms with E-state index in [1.807, 2.05) is 6.92 Å². The zero-order valence-corrected chi connectivity index (χ0v) is 40.6. The number of esters is 8. The monoisotopic (exact) mass is 980 g/mol. The number of fused-ring (bicyclic) bond motifs is 5. The first kappa shape index (κ1) is 53.3. The Kier molecular flexibility index (Phi) is 16.6. The lowest BCUT2D eigenvalue weighted by Crippen LogP contribution is -2.64. The van der Waals surface area contributed by atoms with Gasteiger partial charge in [-0.05, 0) is 73.5 Å². The topological polar surface area (TPSA) is 281 Å². The van der Waals surface area contributed by atoms with Crippen molar-refractivity contribution < 1.29 is 105 Å². The Balaban J connectivity index is 1.16. The van der Waals surface area contributed by atoms with Gasteiger partial charge >= 0.3 is 47.8 Å². The first-order chi connectivity index (χ1) is 32.4. The second-order valence-corrected chi connectivity index (χ2v) is 19.5. The fourth-order valence-electron chi connectivity index (χ4n) is 12.5. The van der Waals surface area contributed by atoms with Gasteiger partial charge < -0.3 is 56.8 Å². The van der Waals surface area contributed by atoms with Gasteiger partial charge in [0.2, 0.25) is 0 Å². The Bertz CT molecular complexity index is 2040. The first-order valence-corrected chi connectivity index (χ1v) is 23.3. The number of carbonyl (C=O) groups is 10.